The zero-order chi connectivity index (χ0) is 17.4. The predicted octanol–water partition coefficient (Wildman–Crippen LogP) is 4.73. The summed E-state index contributed by atoms with van der Waals surface area (Å²) in [7, 11) is 0. The first-order valence-corrected chi connectivity index (χ1v) is 7.92. The third-order valence-electron chi connectivity index (χ3n) is 3.92. The Morgan fingerprint density at radius 3 is 2.64 bits per heavy atom. The van der Waals surface area contributed by atoms with Gasteiger partial charge in [0.15, 0.2) is 0 Å². The number of nitrogens with zero attached hydrogens (tertiary/aromatic N) is 3. The summed E-state index contributed by atoms with van der Waals surface area (Å²) in [5, 5.41) is 1.08. The van der Waals surface area contributed by atoms with Gasteiger partial charge in [0.2, 0.25) is 0 Å². The lowest BCUT2D eigenvalue weighted by Crippen LogP contribution is -1.94. The summed E-state index contributed by atoms with van der Waals surface area (Å²) in [4.78, 5) is 12.7. The van der Waals surface area contributed by atoms with Crippen molar-refractivity contribution in [2.24, 2.45) is 0 Å². The molecule has 4 aromatic rings. The zero-order valence-electron chi connectivity index (χ0n) is 12.9. The van der Waals surface area contributed by atoms with E-state index in [1.54, 1.807) is 12.3 Å². The molecular formula is C19H12ClFN4. The van der Waals surface area contributed by atoms with Crippen molar-refractivity contribution in [3.63, 3.8) is 0 Å². The maximum absolute atomic E-state index is 13.8. The minimum atomic E-state index is -0.407. The van der Waals surface area contributed by atoms with Gasteiger partial charge in [0.25, 0.3) is 0 Å². The summed E-state index contributed by atoms with van der Waals surface area (Å²) in [6.45, 7) is 0. The van der Waals surface area contributed by atoms with Crippen LogP contribution < -0.4 is 5.73 Å². The number of hydrogen-bond acceptors (Lipinski definition) is 4. The van der Waals surface area contributed by atoms with Gasteiger partial charge < -0.3 is 5.73 Å². The highest BCUT2D eigenvalue weighted by Crippen LogP contribution is 2.33. The van der Waals surface area contributed by atoms with Gasteiger partial charge in [-0.1, -0.05) is 23.7 Å². The molecule has 0 amide bonds. The lowest BCUT2D eigenvalue weighted by Gasteiger charge is -2.11. The average Bonchev–Trinajstić information content (AvgIpc) is 2.61. The van der Waals surface area contributed by atoms with Crippen LogP contribution >= 0.6 is 11.6 Å². The highest BCUT2D eigenvalue weighted by Gasteiger charge is 2.12. The first-order valence-electron chi connectivity index (χ1n) is 7.54. The molecule has 0 atom stereocenters. The SMILES string of the molecule is Nc1ncnc2ccc(-c3cccnc3-c3cc(F)cc(Cl)c3)cc12. The van der Waals surface area contributed by atoms with Gasteiger partial charge in [-0.15, -0.1) is 0 Å². The van der Waals surface area contributed by atoms with Gasteiger partial charge in [0, 0.05) is 27.7 Å². The molecule has 0 radical (unpaired) electrons. The van der Waals surface area contributed by atoms with E-state index in [0.29, 0.717) is 22.1 Å². The number of hydrogen-bond donors (Lipinski definition) is 1. The van der Waals surface area contributed by atoms with Crippen molar-refractivity contribution in [3.05, 3.63) is 71.9 Å². The minimum absolute atomic E-state index is 0.322. The van der Waals surface area contributed by atoms with Crippen LogP contribution in [0.2, 0.25) is 5.02 Å². The predicted molar refractivity (Wildman–Crippen MR) is 97.6 cm³/mol. The quantitative estimate of drug-likeness (QED) is 0.567. The highest BCUT2D eigenvalue weighted by atomic mass is 35.5. The number of nitrogens with two attached hydrogens (primary N) is 1. The maximum Gasteiger partial charge on any atom is 0.134 e. The van der Waals surface area contributed by atoms with Crippen LogP contribution in [-0.4, -0.2) is 15.0 Å². The number of benzene rings is 2. The van der Waals surface area contributed by atoms with Crippen molar-refractivity contribution >= 4 is 28.3 Å². The van der Waals surface area contributed by atoms with Crippen molar-refractivity contribution in [3.8, 4) is 22.4 Å². The fourth-order valence-corrected chi connectivity index (χ4v) is 3.02. The van der Waals surface area contributed by atoms with Crippen LogP contribution in [0.1, 0.15) is 0 Å². The first-order chi connectivity index (χ1) is 12.1. The molecule has 0 bridgehead atoms. The molecule has 4 rings (SSSR count). The largest absolute Gasteiger partial charge is 0.383 e. The molecule has 0 aliphatic carbocycles. The standard InChI is InChI=1S/C19H12ClFN4/c20-13-6-12(7-14(21)9-13)18-15(2-1-5-23-18)11-3-4-17-16(8-11)19(22)25-10-24-17/h1-10H,(H2,22,24,25). The summed E-state index contributed by atoms with van der Waals surface area (Å²) in [6, 6.07) is 13.8. The van der Waals surface area contributed by atoms with E-state index in [-0.39, 0.29) is 0 Å². The second kappa shape index (κ2) is 6.11. The molecule has 0 unspecified atom stereocenters. The summed E-state index contributed by atoms with van der Waals surface area (Å²) >= 11 is 6.00. The van der Waals surface area contributed by atoms with E-state index < -0.39 is 5.82 Å². The number of fused-ring (bicyclic) bond motifs is 1. The molecule has 2 heterocycles. The maximum atomic E-state index is 13.8. The molecule has 6 heteroatoms. The van der Waals surface area contributed by atoms with Crippen LogP contribution in [0.25, 0.3) is 33.3 Å². The van der Waals surface area contributed by atoms with E-state index in [1.165, 1.54) is 18.5 Å². The number of halogens is 2. The molecule has 0 fully saturated rings. The van der Waals surface area contributed by atoms with Gasteiger partial charge >= 0.3 is 0 Å². The van der Waals surface area contributed by atoms with Crippen LogP contribution in [0.4, 0.5) is 10.2 Å². The number of pyridine rings is 1. The van der Waals surface area contributed by atoms with Gasteiger partial charge in [-0.25, -0.2) is 14.4 Å². The smallest absolute Gasteiger partial charge is 0.134 e. The van der Waals surface area contributed by atoms with Crippen molar-refractivity contribution in [1.29, 1.82) is 0 Å². The summed E-state index contributed by atoms with van der Waals surface area (Å²) in [5.74, 6) is 0.00125. The zero-order valence-corrected chi connectivity index (χ0v) is 13.7. The fourth-order valence-electron chi connectivity index (χ4n) is 2.80. The topological polar surface area (TPSA) is 64.7 Å². The number of aromatic nitrogens is 3. The first kappa shape index (κ1) is 15.5. The number of anilines is 1. The molecular weight excluding hydrogens is 339 g/mol. The number of nitrogen functional groups attached to an aromatic ring is 1. The summed E-state index contributed by atoms with van der Waals surface area (Å²) in [6.07, 6.45) is 3.09. The Morgan fingerprint density at radius 1 is 0.920 bits per heavy atom. The molecule has 122 valence electrons. The molecule has 2 aromatic carbocycles. The Labute approximate surface area is 148 Å². The highest BCUT2D eigenvalue weighted by molar-refractivity contribution is 6.30. The Balaban J connectivity index is 1.94. The van der Waals surface area contributed by atoms with Gasteiger partial charge in [0.05, 0.1) is 11.2 Å². The van der Waals surface area contributed by atoms with Gasteiger partial charge in [0.1, 0.15) is 18.0 Å². The Bertz CT molecular complexity index is 1080. The number of rotatable bonds is 2. The normalized spacial score (nSPS) is 11.0. The Kier molecular flexibility index (Phi) is 3.78. The van der Waals surface area contributed by atoms with Crippen molar-refractivity contribution < 1.29 is 4.39 Å². The van der Waals surface area contributed by atoms with E-state index in [0.717, 1.165) is 22.0 Å². The Hall–Kier alpha value is -3.05. The van der Waals surface area contributed by atoms with E-state index >= 15 is 0 Å². The van der Waals surface area contributed by atoms with Gasteiger partial charge in [-0.05, 0) is 42.0 Å². The summed E-state index contributed by atoms with van der Waals surface area (Å²) in [5.41, 5.74) is 9.69. The second-order valence-electron chi connectivity index (χ2n) is 5.55. The molecule has 0 aliphatic heterocycles. The minimum Gasteiger partial charge on any atom is -0.383 e. The van der Waals surface area contributed by atoms with E-state index in [1.807, 2.05) is 30.3 Å². The van der Waals surface area contributed by atoms with Gasteiger partial charge in [-0.3, -0.25) is 4.98 Å². The van der Waals surface area contributed by atoms with Crippen molar-refractivity contribution in [2.75, 3.05) is 5.73 Å². The molecule has 25 heavy (non-hydrogen) atoms. The van der Waals surface area contributed by atoms with Crippen molar-refractivity contribution in [1.82, 2.24) is 15.0 Å². The Morgan fingerprint density at radius 2 is 1.80 bits per heavy atom. The van der Waals surface area contributed by atoms with Crippen LogP contribution in [-0.2, 0) is 0 Å². The molecule has 2 N–H and O–H groups in total. The van der Waals surface area contributed by atoms with E-state index in [4.69, 9.17) is 17.3 Å². The lowest BCUT2D eigenvalue weighted by atomic mass is 9.98. The monoisotopic (exact) mass is 350 g/mol. The molecule has 0 saturated heterocycles. The average molecular weight is 351 g/mol. The van der Waals surface area contributed by atoms with Crippen LogP contribution in [0.3, 0.4) is 0 Å². The lowest BCUT2D eigenvalue weighted by molar-refractivity contribution is 0.628. The molecule has 4 nitrogen and oxygen atoms in total. The molecule has 0 spiro atoms. The molecule has 2 aromatic heterocycles. The van der Waals surface area contributed by atoms with Crippen LogP contribution in [0.15, 0.2) is 61.1 Å². The second-order valence-corrected chi connectivity index (χ2v) is 5.98. The van der Waals surface area contributed by atoms with Crippen LogP contribution in [0, 0.1) is 5.82 Å². The summed E-state index contributed by atoms with van der Waals surface area (Å²) < 4.78 is 13.8. The van der Waals surface area contributed by atoms with Crippen molar-refractivity contribution in [2.45, 2.75) is 0 Å². The third kappa shape index (κ3) is 2.90. The molecule has 0 saturated carbocycles. The van der Waals surface area contributed by atoms with Gasteiger partial charge in [-0.2, -0.15) is 0 Å². The third-order valence-corrected chi connectivity index (χ3v) is 4.14. The van der Waals surface area contributed by atoms with Crippen LogP contribution in [0.5, 0.6) is 0 Å². The van der Waals surface area contributed by atoms with E-state index in [9.17, 15) is 4.39 Å². The molecule has 0 aliphatic rings. The fraction of sp³-hybridized carbons (Fsp3) is 0. The van der Waals surface area contributed by atoms with E-state index in [2.05, 4.69) is 15.0 Å².